The molecule has 8 aromatic rings. The molecule has 7 aromatic carbocycles. The maximum absolute atomic E-state index is 5.15. The van der Waals surface area contributed by atoms with Gasteiger partial charge < -0.3 is 0 Å². The molecule has 53 heavy (non-hydrogen) atoms. The largest absolute Gasteiger partial charge is 0.296 e. The fraction of sp³-hybridized carbons (Fsp3) is 0.0784. The summed E-state index contributed by atoms with van der Waals surface area (Å²) in [6.45, 7) is 2.15. The van der Waals surface area contributed by atoms with Crippen LogP contribution in [0.15, 0.2) is 188 Å². The Hall–Kier alpha value is -6.51. The fourth-order valence-corrected chi connectivity index (χ4v) is 8.69. The molecule has 0 radical (unpaired) electrons. The highest BCUT2D eigenvalue weighted by Crippen LogP contribution is 2.57. The second kappa shape index (κ2) is 12.6. The van der Waals surface area contributed by atoms with Gasteiger partial charge in [0.25, 0.3) is 0 Å². The molecule has 0 atom stereocenters. The first-order chi connectivity index (χ1) is 26.2. The fourth-order valence-electron chi connectivity index (χ4n) is 8.69. The van der Waals surface area contributed by atoms with Crippen LogP contribution < -0.4 is 0 Å². The van der Waals surface area contributed by atoms with Crippen molar-refractivity contribution in [2.75, 3.05) is 0 Å². The van der Waals surface area contributed by atoms with Crippen molar-refractivity contribution >= 4 is 16.7 Å². The molecule has 0 saturated heterocycles. The average Bonchev–Trinajstić information content (AvgIpc) is 3.76. The molecule has 2 aliphatic carbocycles. The van der Waals surface area contributed by atoms with E-state index < -0.39 is 5.41 Å². The molecule has 2 heteroatoms. The maximum atomic E-state index is 5.15. The third kappa shape index (κ3) is 5.05. The van der Waals surface area contributed by atoms with Crippen LogP contribution in [0.1, 0.15) is 40.7 Å². The molecule has 0 spiro atoms. The minimum absolute atomic E-state index is 0.489. The van der Waals surface area contributed by atoms with Gasteiger partial charge in [-0.1, -0.05) is 163 Å². The molecule has 0 unspecified atom stereocenters. The molecular weight excluding hydrogens is 641 g/mol. The maximum Gasteiger partial charge on any atom is 0.145 e. The van der Waals surface area contributed by atoms with Crippen molar-refractivity contribution in [2.24, 2.45) is 0 Å². The van der Waals surface area contributed by atoms with Crippen molar-refractivity contribution in [3.8, 4) is 44.8 Å². The number of nitrogens with zero attached hydrogens (tertiary/aromatic N) is 2. The molecule has 0 bridgehead atoms. The van der Waals surface area contributed by atoms with Gasteiger partial charge in [-0.2, -0.15) is 0 Å². The molecule has 2 aliphatic rings. The zero-order valence-corrected chi connectivity index (χ0v) is 29.7. The number of rotatable bonds is 6. The van der Waals surface area contributed by atoms with Crippen LogP contribution >= 0.6 is 0 Å². The van der Waals surface area contributed by atoms with E-state index in [0.717, 1.165) is 35.3 Å². The monoisotopic (exact) mass is 678 g/mol. The normalized spacial score (nSPS) is 14.2. The summed E-state index contributed by atoms with van der Waals surface area (Å²) in [6, 6.07) is 62.7. The SMILES string of the molecule is Cc1ccc(-c2ccc3c(c2)C(c2ccccc2)(c2ccccc2)c2cc(-c4ccc(-c5nc6ccccc6n5C5=CC=CCC5)cc4)ccc2-3)cc1. The zero-order valence-electron chi connectivity index (χ0n) is 29.7. The standard InChI is InChI=1S/C51H38N2/c1-35-21-23-36(24-22-35)39-29-31-44-45-32-30-40(34-47(45)51(46(44)33-39,41-13-5-2-6-14-41)42-15-7-3-8-16-42)37-25-27-38(28-26-37)50-52-48-19-11-12-20-49(48)53(50)43-17-9-4-10-18-43/h2-9,11-17,19-34H,10,18H2,1H3. The molecule has 2 nitrogen and oxygen atoms in total. The van der Waals surface area contributed by atoms with E-state index in [1.165, 1.54) is 66.9 Å². The summed E-state index contributed by atoms with van der Waals surface area (Å²) < 4.78 is 2.35. The predicted molar refractivity (Wildman–Crippen MR) is 221 cm³/mol. The van der Waals surface area contributed by atoms with Gasteiger partial charge >= 0.3 is 0 Å². The smallest absolute Gasteiger partial charge is 0.145 e. The Kier molecular flexibility index (Phi) is 7.44. The van der Waals surface area contributed by atoms with Crippen molar-refractivity contribution < 1.29 is 0 Å². The highest BCUT2D eigenvalue weighted by atomic mass is 15.1. The predicted octanol–water partition coefficient (Wildman–Crippen LogP) is 12.9. The summed E-state index contributed by atoms with van der Waals surface area (Å²) in [5, 5.41) is 0. The molecule has 0 saturated carbocycles. The summed E-state index contributed by atoms with van der Waals surface area (Å²) in [5.74, 6) is 0.986. The van der Waals surface area contributed by atoms with Crippen LogP contribution in [0.2, 0.25) is 0 Å². The zero-order chi connectivity index (χ0) is 35.4. The minimum Gasteiger partial charge on any atom is -0.296 e. The number of fused-ring (bicyclic) bond motifs is 4. The molecule has 0 fully saturated rings. The first kappa shape index (κ1) is 31.2. The van der Waals surface area contributed by atoms with Gasteiger partial charge in [0.2, 0.25) is 0 Å². The first-order valence-corrected chi connectivity index (χ1v) is 18.6. The van der Waals surface area contributed by atoms with E-state index in [2.05, 4.69) is 200 Å². The van der Waals surface area contributed by atoms with Gasteiger partial charge in [0, 0.05) is 11.3 Å². The van der Waals surface area contributed by atoms with Crippen molar-refractivity contribution in [3.05, 3.63) is 216 Å². The highest BCUT2D eigenvalue weighted by Gasteiger charge is 2.46. The van der Waals surface area contributed by atoms with Crippen LogP contribution in [0.4, 0.5) is 0 Å². The van der Waals surface area contributed by atoms with Crippen molar-refractivity contribution in [1.82, 2.24) is 9.55 Å². The third-order valence-corrected chi connectivity index (χ3v) is 11.3. The molecule has 10 rings (SSSR count). The lowest BCUT2D eigenvalue weighted by atomic mass is 9.67. The summed E-state index contributed by atoms with van der Waals surface area (Å²) >= 11 is 0. The Balaban J connectivity index is 1.14. The lowest BCUT2D eigenvalue weighted by molar-refractivity contribution is 0.769. The number of imidazole rings is 1. The van der Waals surface area contributed by atoms with Crippen LogP contribution in [0.3, 0.4) is 0 Å². The van der Waals surface area contributed by atoms with E-state index in [0.29, 0.717) is 0 Å². The van der Waals surface area contributed by atoms with Gasteiger partial charge in [-0.3, -0.25) is 4.57 Å². The number of hydrogen-bond acceptors (Lipinski definition) is 1. The van der Waals surface area contributed by atoms with E-state index in [4.69, 9.17) is 4.98 Å². The van der Waals surface area contributed by atoms with E-state index in [9.17, 15) is 0 Å². The van der Waals surface area contributed by atoms with Crippen molar-refractivity contribution in [1.29, 1.82) is 0 Å². The Morgan fingerprint density at radius 3 is 1.64 bits per heavy atom. The highest BCUT2D eigenvalue weighted by molar-refractivity contribution is 5.91. The summed E-state index contributed by atoms with van der Waals surface area (Å²) in [6.07, 6.45) is 8.67. The molecular formula is C51H38N2. The Labute approximate surface area is 311 Å². The molecule has 1 aromatic heterocycles. The van der Waals surface area contributed by atoms with Gasteiger partial charge in [-0.15, -0.1) is 0 Å². The van der Waals surface area contributed by atoms with Crippen LogP contribution in [0.5, 0.6) is 0 Å². The average molecular weight is 679 g/mol. The topological polar surface area (TPSA) is 17.8 Å². The second-order valence-corrected chi connectivity index (χ2v) is 14.3. The van der Waals surface area contributed by atoms with Crippen LogP contribution in [0, 0.1) is 6.92 Å². The Morgan fingerprint density at radius 2 is 1.06 bits per heavy atom. The number of allylic oxidation sites excluding steroid dienone is 4. The van der Waals surface area contributed by atoms with E-state index >= 15 is 0 Å². The molecule has 0 amide bonds. The van der Waals surface area contributed by atoms with Gasteiger partial charge in [-0.25, -0.2) is 4.98 Å². The van der Waals surface area contributed by atoms with Crippen molar-refractivity contribution in [3.63, 3.8) is 0 Å². The number of aryl methyl sites for hydroxylation is 1. The first-order valence-electron chi connectivity index (χ1n) is 18.6. The number of benzene rings is 7. The lowest BCUT2D eigenvalue weighted by Gasteiger charge is -2.34. The van der Waals surface area contributed by atoms with Crippen LogP contribution in [-0.4, -0.2) is 9.55 Å². The van der Waals surface area contributed by atoms with Gasteiger partial charge in [0.15, 0.2) is 0 Å². The Bertz CT molecular complexity index is 2650. The van der Waals surface area contributed by atoms with Gasteiger partial charge in [0.05, 0.1) is 16.4 Å². The van der Waals surface area contributed by atoms with Crippen LogP contribution in [-0.2, 0) is 5.41 Å². The third-order valence-electron chi connectivity index (χ3n) is 11.3. The summed E-state index contributed by atoms with van der Waals surface area (Å²) in [4.78, 5) is 5.15. The summed E-state index contributed by atoms with van der Waals surface area (Å²) in [7, 11) is 0. The summed E-state index contributed by atoms with van der Waals surface area (Å²) in [5.41, 5.74) is 17.9. The number of para-hydroxylation sites is 2. The van der Waals surface area contributed by atoms with Crippen LogP contribution in [0.25, 0.3) is 61.5 Å². The number of aromatic nitrogens is 2. The lowest BCUT2D eigenvalue weighted by Crippen LogP contribution is -2.28. The van der Waals surface area contributed by atoms with Crippen molar-refractivity contribution in [2.45, 2.75) is 25.2 Å². The molecule has 252 valence electrons. The van der Waals surface area contributed by atoms with E-state index in [1.807, 2.05) is 0 Å². The molecule has 1 heterocycles. The Morgan fingerprint density at radius 1 is 0.528 bits per heavy atom. The quantitative estimate of drug-likeness (QED) is 0.171. The van der Waals surface area contributed by atoms with Gasteiger partial charge in [0.1, 0.15) is 5.82 Å². The molecule has 0 aliphatic heterocycles. The van der Waals surface area contributed by atoms with E-state index in [1.54, 1.807) is 0 Å². The minimum atomic E-state index is -0.489. The van der Waals surface area contributed by atoms with Gasteiger partial charge in [-0.05, 0) is 106 Å². The molecule has 0 N–H and O–H groups in total. The number of hydrogen-bond donors (Lipinski definition) is 0. The van der Waals surface area contributed by atoms with E-state index in [-0.39, 0.29) is 0 Å². The second-order valence-electron chi connectivity index (χ2n) is 14.3.